The van der Waals surface area contributed by atoms with Crippen LogP contribution in [0.15, 0.2) is 35.9 Å². The number of hydrogen-bond acceptors (Lipinski definition) is 3. The summed E-state index contributed by atoms with van der Waals surface area (Å²) in [5, 5.41) is 2.65. The smallest absolute Gasteiger partial charge is 0.371 e. The van der Waals surface area contributed by atoms with Gasteiger partial charge in [0.25, 0.3) is 0 Å². The van der Waals surface area contributed by atoms with Crippen molar-refractivity contribution in [3.05, 3.63) is 47.0 Å². The van der Waals surface area contributed by atoms with Crippen LogP contribution in [0.4, 0.5) is 13.2 Å². The highest BCUT2D eigenvalue weighted by Crippen LogP contribution is 2.29. The lowest BCUT2D eigenvalue weighted by atomic mass is 10.0. The number of nitrogens with one attached hydrogen (secondary N) is 1. The van der Waals surface area contributed by atoms with E-state index >= 15 is 0 Å². The van der Waals surface area contributed by atoms with Crippen LogP contribution in [0.2, 0.25) is 0 Å². The third-order valence-electron chi connectivity index (χ3n) is 3.30. The molecule has 1 atom stereocenters. The van der Waals surface area contributed by atoms with Gasteiger partial charge in [0.2, 0.25) is 5.91 Å². The average Bonchev–Trinajstić information content (AvgIpc) is 2.51. The van der Waals surface area contributed by atoms with Crippen molar-refractivity contribution in [3.63, 3.8) is 0 Å². The molecule has 0 bridgehead atoms. The summed E-state index contributed by atoms with van der Waals surface area (Å²) in [7, 11) is 1.35. The first-order valence-electron chi connectivity index (χ1n) is 7.10. The number of rotatable bonds is 7. The predicted octanol–water partition coefficient (Wildman–Crippen LogP) is 2.28. The van der Waals surface area contributed by atoms with Gasteiger partial charge in [0.15, 0.2) is 0 Å². The molecule has 1 rings (SSSR count). The monoisotopic (exact) mass is 330 g/mol. The summed E-state index contributed by atoms with van der Waals surface area (Å²) in [6.07, 6.45) is -3.43. The number of hydrogen-bond donors (Lipinski definition) is 2. The van der Waals surface area contributed by atoms with E-state index in [2.05, 4.69) is 5.32 Å². The van der Waals surface area contributed by atoms with Gasteiger partial charge < -0.3 is 15.8 Å². The lowest BCUT2D eigenvalue weighted by Gasteiger charge is -2.16. The van der Waals surface area contributed by atoms with Crippen molar-refractivity contribution in [1.29, 1.82) is 0 Å². The molecule has 7 heteroatoms. The molecule has 1 unspecified atom stereocenters. The van der Waals surface area contributed by atoms with E-state index in [0.29, 0.717) is 18.7 Å². The van der Waals surface area contributed by atoms with Gasteiger partial charge in [-0.3, -0.25) is 4.79 Å². The van der Waals surface area contributed by atoms with E-state index in [0.717, 1.165) is 17.7 Å². The number of nitrogens with two attached hydrogens (primary N) is 1. The van der Waals surface area contributed by atoms with Crippen LogP contribution in [0.5, 0.6) is 0 Å². The first-order valence-corrected chi connectivity index (χ1v) is 7.10. The summed E-state index contributed by atoms with van der Waals surface area (Å²) in [5.74, 6) is -0.383. The minimum Gasteiger partial charge on any atom is -0.371 e. The molecular formula is C16H21F3N2O2. The second kappa shape index (κ2) is 8.69. The zero-order valence-electron chi connectivity index (χ0n) is 13.1. The molecule has 4 nitrogen and oxygen atoms in total. The number of carbonyl (C=O) groups excluding carboxylic acids is 1. The molecule has 128 valence electrons. The molecule has 1 aromatic rings. The fraction of sp³-hybridized carbons (Fsp3) is 0.438. The number of amides is 1. The highest BCUT2D eigenvalue weighted by Gasteiger charge is 2.30. The Morgan fingerprint density at radius 3 is 2.70 bits per heavy atom. The third kappa shape index (κ3) is 6.42. The molecule has 1 amide bonds. The molecule has 23 heavy (non-hydrogen) atoms. The van der Waals surface area contributed by atoms with Gasteiger partial charge in [0, 0.05) is 26.6 Å². The van der Waals surface area contributed by atoms with E-state index in [1.54, 1.807) is 6.08 Å². The zero-order chi connectivity index (χ0) is 17.5. The Balaban J connectivity index is 2.71. The molecule has 1 aromatic carbocycles. The third-order valence-corrected chi connectivity index (χ3v) is 3.30. The van der Waals surface area contributed by atoms with Crippen LogP contribution in [0.25, 0.3) is 0 Å². The molecule has 0 aromatic heterocycles. The van der Waals surface area contributed by atoms with Gasteiger partial charge in [-0.15, -0.1) is 0 Å². The predicted molar refractivity (Wildman–Crippen MR) is 81.8 cm³/mol. The Morgan fingerprint density at radius 1 is 1.43 bits per heavy atom. The van der Waals surface area contributed by atoms with Crippen LogP contribution < -0.4 is 11.1 Å². The second-order valence-electron chi connectivity index (χ2n) is 5.13. The number of carbonyl (C=O) groups is 1. The fourth-order valence-electron chi connectivity index (χ4n) is 1.89. The molecule has 0 saturated carbocycles. The summed E-state index contributed by atoms with van der Waals surface area (Å²) in [6.45, 7) is 2.53. The normalized spacial score (nSPS) is 13.7. The zero-order valence-corrected chi connectivity index (χ0v) is 13.1. The number of ether oxygens (including phenoxy) is 1. The minimum absolute atomic E-state index is 0.0613. The van der Waals surface area contributed by atoms with E-state index < -0.39 is 17.8 Å². The van der Waals surface area contributed by atoms with Crippen molar-refractivity contribution in [2.45, 2.75) is 25.6 Å². The number of benzene rings is 1. The standard InChI is InChI=1S/C16H21F3N2O2/c1-11(10-20)6-7-21-15(22)14(23-2)9-12-4-3-5-13(8-12)16(17,18)19/h3-6,8,14H,7,9-10,20H2,1-2H3,(H,21,22). The van der Waals surface area contributed by atoms with Crippen LogP contribution >= 0.6 is 0 Å². The number of methoxy groups -OCH3 is 1. The Hall–Kier alpha value is -1.86. The molecule has 0 aliphatic carbocycles. The van der Waals surface area contributed by atoms with Gasteiger partial charge in [0.05, 0.1) is 5.56 Å². The van der Waals surface area contributed by atoms with E-state index in [9.17, 15) is 18.0 Å². The average molecular weight is 330 g/mol. The molecule has 0 heterocycles. The van der Waals surface area contributed by atoms with Crippen molar-refractivity contribution in [3.8, 4) is 0 Å². The largest absolute Gasteiger partial charge is 0.416 e. The first-order chi connectivity index (χ1) is 10.8. The highest BCUT2D eigenvalue weighted by atomic mass is 19.4. The highest BCUT2D eigenvalue weighted by molar-refractivity contribution is 5.81. The van der Waals surface area contributed by atoms with Gasteiger partial charge in [-0.05, 0) is 18.6 Å². The molecule has 3 N–H and O–H groups in total. The summed E-state index contributed by atoms with van der Waals surface area (Å²) in [6, 6.07) is 4.87. The number of halogens is 3. The quantitative estimate of drug-likeness (QED) is 0.754. The van der Waals surface area contributed by atoms with E-state index in [4.69, 9.17) is 10.5 Å². The van der Waals surface area contributed by atoms with Crippen molar-refractivity contribution < 1.29 is 22.7 Å². The molecule has 0 aliphatic heterocycles. The molecule has 0 fully saturated rings. The van der Waals surface area contributed by atoms with Crippen LogP contribution in [-0.2, 0) is 22.1 Å². The van der Waals surface area contributed by atoms with Crippen LogP contribution in [0.1, 0.15) is 18.1 Å². The van der Waals surface area contributed by atoms with Crippen molar-refractivity contribution in [2.24, 2.45) is 5.73 Å². The molecule has 0 radical (unpaired) electrons. The minimum atomic E-state index is -4.41. The van der Waals surface area contributed by atoms with E-state index in [-0.39, 0.29) is 12.3 Å². The van der Waals surface area contributed by atoms with Gasteiger partial charge >= 0.3 is 6.18 Å². The van der Waals surface area contributed by atoms with Crippen molar-refractivity contribution in [2.75, 3.05) is 20.2 Å². The Labute approximate surface area is 133 Å². The molecular weight excluding hydrogens is 309 g/mol. The Bertz CT molecular complexity index is 557. The van der Waals surface area contributed by atoms with Crippen LogP contribution in [0, 0.1) is 0 Å². The van der Waals surface area contributed by atoms with Gasteiger partial charge in [-0.25, -0.2) is 0 Å². The lowest BCUT2D eigenvalue weighted by Crippen LogP contribution is -2.37. The SMILES string of the molecule is COC(Cc1cccc(C(F)(F)F)c1)C(=O)NCC=C(C)CN. The summed E-state index contributed by atoms with van der Waals surface area (Å²) in [5.41, 5.74) is 6.00. The van der Waals surface area contributed by atoms with Gasteiger partial charge in [-0.2, -0.15) is 13.2 Å². The Kier molecular flexibility index (Phi) is 7.25. The summed E-state index contributed by atoms with van der Waals surface area (Å²) in [4.78, 5) is 12.0. The van der Waals surface area contributed by atoms with Crippen LogP contribution in [0.3, 0.4) is 0 Å². The van der Waals surface area contributed by atoms with Crippen molar-refractivity contribution in [1.82, 2.24) is 5.32 Å². The Morgan fingerprint density at radius 2 is 2.13 bits per heavy atom. The second-order valence-corrected chi connectivity index (χ2v) is 5.13. The maximum Gasteiger partial charge on any atom is 0.416 e. The van der Waals surface area contributed by atoms with Gasteiger partial charge in [-0.1, -0.05) is 29.8 Å². The molecule has 0 aliphatic rings. The topological polar surface area (TPSA) is 64.3 Å². The van der Waals surface area contributed by atoms with Crippen LogP contribution in [-0.4, -0.2) is 32.2 Å². The molecule has 0 spiro atoms. The maximum atomic E-state index is 12.7. The lowest BCUT2D eigenvalue weighted by molar-refractivity contribution is -0.137. The van der Waals surface area contributed by atoms with Gasteiger partial charge in [0.1, 0.15) is 6.10 Å². The first kappa shape index (κ1) is 19.2. The van der Waals surface area contributed by atoms with Crippen molar-refractivity contribution >= 4 is 5.91 Å². The summed E-state index contributed by atoms with van der Waals surface area (Å²) >= 11 is 0. The number of alkyl halides is 3. The fourth-order valence-corrected chi connectivity index (χ4v) is 1.89. The maximum absolute atomic E-state index is 12.7. The molecule has 0 saturated heterocycles. The van der Waals surface area contributed by atoms with E-state index in [1.807, 2.05) is 6.92 Å². The van der Waals surface area contributed by atoms with E-state index in [1.165, 1.54) is 19.2 Å². The summed E-state index contributed by atoms with van der Waals surface area (Å²) < 4.78 is 43.2.